The molecule has 7 heteroatoms. The van der Waals surface area contributed by atoms with Crippen LogP contribution in [-0.2, 0) is 14.6 Å². The molecule has 0 amide bonds. The Morgan fingerprint density at radius 2 is 1.52 bits per heavy atom. The first kappa shape index (κ1) is 18.6. The van der Waals surface area contributed by atoms with Gasteiger partial charge in [-0.25, -0.2) is 17.6 Å². The Labute approximate surface area is 156 Å². The molecule has 0 spiro atoms. The molecule has 0 fully saturated rings. The van der Waals surface area contributed by atoms with Gasteiger partial charge in [0.1, 0.15) is 18.1 Å². The van der Waals surface area contributed by atoms with E-state index in [0.717, 1.165) is 0 Å². The number of para-hydroxylation sites is 1. The summed E-state index contributed by atoms with van der Waals surface area (Å²) >= 11 is 0. The zero-order valence-electron chi connectivity index (χ0n) is 14.1. The first-order valence-corrected chi connectivity index (χ1v) is 9.54. The molecule has 0 radical (unpaired) electrons. The fourth-order valence-electron chi connectivity index (χ4n) is 2.41. The zero-order valence-corrected chi connectivity index (χ0v) is 14.9. The van der Waals surface area contributed by atoms with Crippen molar-refractivity contribution in [1.82, 2.24) is 0 Å². The van der Waals surface area contributed by atoms with Gasteiger partial charge in [-0.1, -0.05) is 30.3 Å². The van der Waals surface area contributed by atoms with E-state index in [1.807, 2.05) is 0 Å². The summed E-state index contributed by atoms with van der Waals surface area (Å²) in [6, 6.07) is 19.4. The van der Waals surface area contributed by atoms with E-state index in [1.165, 1.54) is 42.5 Å². The van der Waals surface area contributed by atoms with Crippen LogP contribution >= 0.6 is 0 Å². The fraction of sp³-hybridized carbons (Fsp3) is 0.0500. The van der Waals surface area contributed by atoms with Crippen LogP contribution in [-0.4, -0.2) is 20.9 Å². The molecule has 0 unspecified atom stereocenters. The molecule has 0 aliphatic rings. The summed E-state index contributed by atoms with van der Waals surface area (Å²) < 4.78 is 43.6. The maximum atomic E-state index is 12.9. The Morgan fingerprint density at radius 3 is 2.22 bits per heavy atom. The highest BCUT2D eigenvalue weighted by Gasteiger charge is 2.21. The maximum Gasteiger partial charge on any atom is 0.330 e. The van der Waals surface area contributed by atoms with Crippen LogP contribution in [0.15, 0.2) is 88.7 Å². The molecule has 0 aromatic heterocycles. The van der Waals surface area contributed by atoms with E-state index in [9.17, 15) is 17.6 Å². The maximum absolute atomic E-state index is 12.9. The van der Waals surface area contributed by atoms with Crippen LogP contribution in [0.1, 0.15) is 0 Å². The van der Waals surface area contributed by atoms with Gasteiger partial charge in [-0.2, -0.15) is 0 Å². The number of nitrogens with one attached hydrogen (secondary N) is 1. The van der Waals surface area contributed by atoms with E-state index in [-0.39, 0.29) is 27.8 Å². The van der Waals surface area contributed by atoms with Gasteiger partial charge in [0, 0.05) is 0 Å². The highest BCUT2D eigenvalue weighted by atomic mass is 32.2. The van der Waals surface area contributed by atoms with Crippen molar-refractivity contribution in [2.45, 2.75) is 9.79 Å². The predicted octanol–water partition coefficient (Wildman–Crippen LogP) is 3.68. The minimum Gasteiger partial charge on any atom is -0.425 e. The second-order valence-corrected chi connectivity index (χ2v) is 7.51. The number of esters is 1. The third kappa shape index (κ3) is 4.51. The molecule has 0 saturated carbocycles. The number of sulfone groups is 1. The lowest BCUT2D eigenvalue weighted by molar-refractivity contribution is -0.132. The number of halogens is 1. The Kier molecular flexibility index (Phi) is 5.52. The third-order valence-electron chi connectivity index (χ3n) is 3.70. The number of carbonyl (C=O) groups is 1. The average molecular weight is 385 g/mol. The molecule has 0 aliphatic carbocycles. The van der Waals surface area contributed by atoms with Gasteiger partial charge in [-0.05, 0) is 48.5 Å². The van der Waals surface area contributed by atoms with Crippen molar-refractivity contribution < 1.29 is 22.3 Å². The van der Waals surface area contributed by atoms with Crippen LogP contribution in [0.25, 0.3) is 0 Å². The smallest absolute Gasteiger partial charge is 0.330 e. The monoisotopic (exact) mass is 385 g/mol. The fourth-order valence-corrected chi connectivity index (χ4v) is 3.87. The molecule has 0 aliphatic heterocycles. The summed E-state index contributed by atoms with van der Waals surface area (Å²) in [5.74, 6) is -0.866. The van der Waals surface area contributed by atoms with Crippen LogP contribution in [0.3, 0.4) is 0 Å². The van der Waals surface area contributed by atoms with Crippen molar-refractivity contribution in [1.29, 1.82) is 0 Å². The standard InChI is InChI=1S/C20H16FNO4S/c21-15-10-12-16(13-11-15)26-20(23)14-22-18-8-4-5-9-19(18)27(24,25)17-6-2-1-3-7-17/h1-13,22H,14H2. The molecule has 0 bridgehead atoms. The van der Waals surface area contributed by atoms with E-state index < -0.39 is 21.6 Å². The molecular weight excluding hydrogens is 369 g/mol. The number of ether oxygens (including phenoxy) is 1. The SMILES string of the molecule is O=C(CNc1ccccc1S(=O)(=O)c1ccccc1)Oc1ccc(F)cc1. The molecule has 0 saturated heterocycles. The lowest BCUT2D eigenvalue weighted by atomic mass is 10.3. The molecule has 3 rings (SSSR count). The Morgan fingerprint density at radius 1 is 0.889 bits per heavy atom. The normalized spacial score (nSPS) is 11.0. The van der Waals surface area contributed by atoms with Gasteiger partial charge >= 0.3 is 5.97 Å². The summed E-state index contributed by atoms with van der Waals surface area (Å²) in [5, 5.41) is 2.79. The molecular formula is C20H16FNO4S. The predicted molar refractivity (Wildman–Crippen MR) is 98.9 cm³/mol. The first-order valence-electron chi connectivity index (χ1n) is 8.06. The van der Waals surface area contributed by atoms with Gasteiger partial charge in [0.2, 0.25) is 9.84 Å². The third-order valence-corrected chi connectivity index (χ3v) is 5.53. The minimum atomic E-state index is -3.74. The molecule has 1 N–H and O–H groups in total. The van der Waals surface area contributed by atoms with Gasteiger partial charge in [-0.15, -0.1) is 0 Å². The van der Waals surface area contributed by atoms with E-state index in [4.69, 9.17) is 4.74 Å². The number of carbonyl (C=O) groups excluding carboxylic acids is 1. The second-order valence-electron chi connectivity index (χ2n) is 5.59. The number of anilines is 1. The molecule has 27 heavy (non-hydrogen) atoms. The second kappa shape index (κ2) is 8.01. The largest absolute Gasteiger partial charge is 0.425 e. The van der Waals surface area contributed by atoms with Crippen molar-refractivity contribution in [2.24, 2.45) is 0 Å². The average Bonchev–Trinajstić information content (AvgIpc) is 2.69. The molecule has 0 atom stereocenters. The minimum absolute atomic E-state index is 0.0609. The summed E-state index contributed by atoms with van der Waals surface area (Å²) in [4.78, 5) is 12.2. The van der Waals surface area contributed by atoms with Gasteiger partial charge in [0.05, 0.1) is 15.5 Å². The van der Waals surface area contributed by atoms with Crippen molar-refractivity contribution >= 4 is 21.5 Å². The van der Waals surface area contributed by atoms with Crippen LogP contribution in [0, 0.1) is 5.82 Å². The van der Waals surface area contributed by atoms with Gasteiger partial charge in [0.25, 0.3) is 0 Å². The first-order chi connectivity index (χ1) is 13.0. The number of benzene rings is 3. The van der Waals surface area contributed by atoms with Crippen molar-refractivity contribution in [3.63, 3.8) is 0 Å². The molecule has 3 aromatic carbocycles. The Balaban J connectivity index is 1.75. The summed E-state index contributed by atoms with van der Waals surface area (Å²) in [7, 11) is -3.74. The number of hydrogen-bond acceptors (Lipinski definition) is 5. The molecule has 5 nitrogen and oxygen atoms in total. The van der Waals surface area contributed by atoms with E-state index in [0.29, 0.717) is 0 Å². The molecule has 0 heterocycles. The van der Waals surface area contributed by atoms with Crippen LogP contribution in [0.5, 0.6) is 5.75 Å². The van der Waals surface area contributed by atoms with Crippen molar-refractivity contribution in [3.05, 3.63) is 84.7 Å². The van der Waals surface area contributed by atoms with Crippen molar-refractivity contribution in [2.75, 3.05) is 11.9 Å². The van der Waals surface area contributed by atoms with Crippen LogP contribution < -0.4 is 10.1 Å². The summed E-state index contributed by atoms with van der Waals surface area (Å²) in [6.45, 7) is -0.251. The van der Waals surface area contributed by atoms with E-state index >= 15 is 0 Å². The number of rotatable bonds is 6. The van der Waals surface area contributed by atoms with E-state index in [2.05, 4.69) is 5.32 Å². The lowest BCUT2D eigenvalue weighted by Gasteiger charge is -2.12. The summed E-state index contributed by atoms with van der Waals surface area (Å²) in [6.07, 6.45) is 0. The molecule has 138 valence electrons. The Hall–Kier alpha value is -3.19. The quantitative estimate of drug-likeness (QED) is 0.518. The van der Waals surface area contributed by atoms with Crippen molar-refractivity contribution in [3.8, 4) is 5.75 Å². The molecule has 3 aromatic rings. The zero-order chi connectivity index (χ0) is 19.3. The van der Waals surface area contributed by atoms with Gasteiger partial charge < -0.3 is 10.1 Å². The van der Waals surface area contributed by atoms with Crippen LogP contribution in [0.4, 0.5) is 10.1 Å². The van der Waals surface area contributed by atoms with Gasteiger partial charge in [-0.3, -0.25) is 0 Å². The topological polar surface area (TPSA) is 72.5 Å². The Bertz CT molecular complexity index is 1040. The number of hydrogen-bond donors (Lipinski definition) is 1. The summed E-state index contributed by atoms with van der Waals surface area (Å²) in [5.41, 5.74) is 0.289. The highest BCUT2D eigenvalue weighted by molar-refractivity contribution is 7.91. The van der Waals surface area contributed by atoms with Gasteiger partial charge in [0.15, 0.2) is 0 Å². The van der Waals surface area contributed by atoms with E-state index in [1.54, 1.807) is 36.4 Å². The van der Waals surface area contributed by atoms with Crippen LogP contribution in [0.2, 0.25) is 0 Å². The highest BCUT2D eigenvalue weighted by Crippen LogP contribution is 2.27. The lowest BCUT2D eigenvalue weighted by Crippen LogP contribution is -2.20.